The Morgan fingerprint density at radius 2 is 1.52 bits per heavy atom. The number of fused-ring (bicyclic) bond motifs is 1. The molecule has 1 saturated carbocycles. The molecule has 1 aliphatic heterocycles. The minimum atomic E-state index is -0.963. The van der Waals surface area contributed by atoms with Crippen LogP contribution in [0.5, 0.6) is 11.5 Å². The molecule has 6 rings (SSSR count). The van der Waals surface area contributed by atoms with Crippen LogP contribution < -0.4 is 25.7 Å². The molecule has 10 nitrogen and oxygen atoms in total. The van der Waals surface area contributed by atoms with Gasteiger partial charge in [0.15, 0.2) is 11.5 Å². The number of hydrogen-bond acceptors (Lipinski definition) is 7. The lowest BCUT2D eigenvalue weighted by Gasteiger charge is -2.16. The molecule has 3 N–H and O–H groups in total. The third kappa shape index (κ3) is 9.68. The number of nitrogens with zero attached hydrogens (tertiary/aromatic N) is 1. The third-order valence-corrected chi connectivity index (χ3v) is 8.59. The number of aromatic nitrogens is 1. The topological polar surface area (TPSA) is 130 Å². The summed E-state index contributed by atoms with van der Waals surface area (Å²) in [5.74, 6) is 2.15. The van der Waals surface area contributed by atoms with Crippen LogP contribution in [0, 0.1) is 0 Å². The van der Waals surface area contributed by atoms with E-state index in [0.29, 0.717) is 11.3 Å². The lowest BCUT2D eigenvalue weighted by molar-refractivity contribution is -0.128. The van der Waals surface area contributed by atoms with Gasteiger partial charge in [-0.3, -0.25) is 18.6 Å². The Bertz CT molecular complexity index is 1690. The van der Waals surface area contributed by atoms with Gasteiger partial charge in [0.2, 0.25) is 11.8 Å². The molecule has 1 aliphatic carbocycles. The predicted molar refractivity (Wildman–Crippen MR) is 183 cm³/mol. The number of rotatable bonds is 8. The molecule has 2 aliphatic rings. The number of para-hydroxylation sites is 2. The quantitative estimate of drug-likeness (QED) is 0.230. The number of methoxy groups -OCH3 is 2. The number of likely N-dealkylation sites (tertiary alicyclic amines) is 1. The van der Waals surface area contributed by atoms with Gasteiger partial charge in [0, 0.05) is 64.9 Å². The SMILES string of the molecule is CC(=O)Nc1ccc(S(C)=O)cc1.COc1ccccc1OC.O=C(CNc1ccc2c(C3CC3)c[nH]c(=O)c2c1)N1CCCC1. The summed E-state index contributed by atoms with van der Waals surface area (Å²) in [4.78, 5) is 40.4. The first-order valence-electron chi connectivity index (χ1n) is 15.2. The Morgan fingerprint density at radius 3 is 2.07 bits per heavy atom. The molecule has 0 radical (unpaired) electrons. The number of carbonyl (C=O) groups excluding carboxylic acids is 2. The van der Waals surface area contributed by atoms with E-state index in [0.717, 1.165) is 59.1 Å². The van der Waals surface area contributed by atoms with Crippen molar-refractivity contribution in [3.8, 4) is 11.5 Å². The molecule has 46 heavy (non-hydrogen) atoms. The van der Waals surface area contributed by atoms with Gasteiger partial charge >= 0.3 is 0 Å². The van der Waals surface area contributed by atoms with E-state index in [1.807, 2.05) is 53.6 Å². The molecule has 0 bridgehead atoms. The molecule has 0 spiro atoms. The smallest absolute Gasteiger partial charge is 0.255 e. The molecule has 1 aromatic heterocycles. The van der Waals surface area contributed by atoms with Crippen LogP contribution in [0.3, 0.4) is 0 Å². The highest BCUT2D eigenvalue weighted by Gasteiger charge is 2.26. The van der Waals surface area contributed by atoms with E-state index < -0.39 is 10.8 Å². The first-order valence-corrected chi connectivity index (χ1v) is 16.8. The van der Waals surface area contributed by atoms with Gasteiger partial charge in [0.25, 0.3) is 5.56 Å². The zero-order valence-electron chi connectivity index (χ0n) is 26.8. The summed E-state index contributed by atoms with van der Waals surface area (Å²) in [7, 11) is 2.28. The first-order chi connectivity index (χ1) is 22.2. The van der Waals surface area contributed by atoms with Crippen molar-refractivity contribution in [1.29, 1.82) is 0 Å². The van der Waals surface area contributed by atoms with Crippen LogP contribution in [0.25, 0.3) is 10.8 Å². The average Bonchev–Trinajstić information content (AvgIpc) is 3.76. The molecule has 1 saturated heterocycles. The monoisotopic (exact) mass is 646 g/mol. The normalized spacial score (nSPS) is 14.2. The number of amides is 2. The van der Waals surface area contributed by atoms with Crippen molar-refractivity contribution < 1.29 is 23.3 Å². The maximum absolute atomic E-state index is 12.1. The van der Waals surface area contributed by atoms with Crippen LogP contribution in [-0.4, -0.2) is 66.0 Å². The standard InChI is InChI=1S/C18H21N3O2.C9H11NO2S.C8H10O2/c22-17(21-7-1-2-8-21)11-19-13-5-6-14-15(9-13)18(23)20-10-16(14)12-3-4-12;1-7(11)10-8-3-5-9(6-4-8)13(2)12;1-9-7-5-3-4-6-8(7)10-2/h5-6,9-10,12,19H,1-4,7-8,11H2,(H,20,23);3-6H,1-2H3,(H,10,11);3-6H,1-2H3. The van der Waals surface area contributed by atoms with E-state index in [2.05, 4.69) is 15.6 Å². The van der Waals surface area contributed by atoms with Crippen LogP contribution in [0.1, 0.15) is 44.1 Å². The fourth-order valence-electron chi connectivity index (χ4n) is 5.10. The Labute approximate surface area is 272 Å². The molecular formula is C35H42N4O6S. The molecule has 11 heteroatoms. The molecule has 1 unspecified atom stereocenters. The van der Waals surface area contributed by atoms with Crippen LogP contribution >= 0.6 is 0 Å². The number of aromatic amines is 1. The summed E-state index contributed by atoms with van der Waals surface area (Å²) in [5.41, 5.74) is 2.71. The number of anilines is 2. The number of ether oxygens (including phenoxy) is 2. The molecule has 2 heterocycles. The van der Waals surface area contributed by atoms with Crippen LogP contribution in [0.2, 0.25) is 0 Å². The maximum atomic E-state index is 12.1. The van der Waals surface area contributed by atoms with E-state index in [-0.39, 0.29) is 23.9 Å². The Morgan fingerprint density at radius 1 is 0.913 bits per heavy atom. The fraction of sp³-hybridized carbons (Fsp3) is 0.343. The molecular weight excluding hydrogens is 604 g/mol. The number of H-pyrrole nitrogens is 1. The van der Waals surface area contributed by atoms with Gasteiger partial charge in [-0.15, -0.1) is 0 Å². The summed E-state index contributed by atoms with van der Waals surface area (Å²) in [6.07, 6.45) is 8.07. The predicted octanol–water partition coefficient (Wildman–Crippen LogP) is 5.53. The summed E-state index contributed by atoms with van der Waals surface area (Å²) >= 11 is 0. The van der Waals surface area contributed by atoms with Crippen LogP contribution in [-0.2, 0) is 20.4 Å². The molecule has 2 amide bonds. The Hall–Kier alpha value is -4.64. The van der Waals surface area contributed by atoms with E-state index in [9.17, 15) is 18.6 Å². The van der Waals surface area contributed by atoms with Gasteiger partial charge in [-0.1, -0.05) is 18.2 Å². The Kier molecular flexibility index (Phi) is 12.4. The highest BCUT2D eigenvalue weighted by atomic mass is 32.2. The second-order valence-electron chi connectivity index (χ2n) is 11.1. The van der Waals surface area contributed by atoms with Crippen molar-refractivity contribution >= 4 is 44.8 Å². The van der Waals surface area contributed by atoms with E-state index in [1.165, 1.54) is 25.3 Å². The molecule has 1 atom stereocenters. The van der Waals surface area contributed by atoms with Crippen LogP contribution in [0.4, 0.5) is 11.4 Å². The average molecular weight is 647 g/mol. The third-order valence-electron chi connectivity index (χ3n) is 7.65. The number of carbonyl (C=O) groups is 2. The fourth-order valence-corrected chi connectivity index (χ4v) is 5.62. The lowest BCUT2D eigenvalue weighted by atomic mass is 10.0. The lowest BCUT2D eigenvalue weighted by Crippen LogP contribution is -2.32. The zero-order valence-corrected chi connectivity index (χ0v) is 27.6. The molecule has 3 aromatic carbocycles. The van der Waals surface area contributed by atoms with Gasteiger partial charge < -0.3 is 30.0 Å². The van der Waals surface area contributed by atoms with Crippen LogP contribution in [0.15, 0.2) is 82.6 Å². The number of pyridine rings is 1. The molecule has 4 aromatic rings. The van der Waals surface area contributed by atoms with Gasteiger partial charge in [-0.25, -0.2) is 0 Å². The molecule has 244 valence electrons. The summed E-state index contributed by atoms with van der Waals surface area (Å²) in [6, 6.07) is 20.3. The van der Waals surface area contributed by atoms with Gasteiger partial charge in [-0.05, 0) is 91.1 Å². The van der Waals surface area contributed by atoms with Gasteiger partial charge in [0.05, 0.1) is 20.8 Å². The van der Waals surface area contributed by atoms with Crippen molar-refractivity contribution in [2.45, 2.75) is 43.4 Å². The zero-order chi connectivity index (χ0) is 33.1. The number of nitrogens with one attached hydrogen (secondary N) is 3. The van der Waals surface area contributed by atoms with Crippen molar-refractivity contribution in [3.63, 3.8) is 0 Å². The minimum Gasteiger partial charge on any atom is -0.493 e. The second kappa shape index (κ2) is 16.6. The maximum Gasteiger partial charge on any atom is 0.255 e. The van der Waals surface area contributed by atoms with E-state index >= 15 is 0 Å². The minimum absolute atomic E-state index is 0.0704. The summed E-state index contributed by atoms with van der Waals surface area (Å²) in [5, 5.41) is 7.53. The highest BCUT2D eigenvalue weighted by molar-refractivity contribution is 7.84. The second-order valence-corrected chi connectivity index (χ2v) is 12.4. The number of benzene rings is 3. The van der Waals surface area contributed by atoms with Gasteiger partial charge in [-0.2, -0.15) is 0 Å². The largest absolute Gasteiger partial charge is 0.493 e. The first kappa shape index (κ1) is 34.2. The number of hydrogen-bond donors (Lipinski definition) is 3. The van der Waals surface area contributed by atoms with Gasteiger partial charge in [0.1, 0.15) is 0 Å². The van der Waals surface area contributed by atoms with Crippen molar-refractivity contribution in [3.05, 3.63) is 88.8 Å². The molecule has 2 fully saturated rings. The Balaban J connectivity index is 0.000000177. The van der Waals surface area contributed by atoms with Crippen molar-refractivity contribution in [1.82, 2.24) is 9.88 Å². The van der Waals surface area contributed by atoms with Crippen molar-refractivity contribution in [2.75, 3.05) is 50.7 Å². The highest BCUT2D eigenvalue weighted by Crippen LogP contribution is 2.42. The van der Waals surface area contributed by atoms with E-state index in [4.69, 9.17) is 9.47 Å². The summed E-state index contributed by atoms with van der Waals surface area (Å²) in [6.45, 7) is 3.46. The van der Waals surface area contributed by atoms with Crippen molar-refractivity contribution in [2.24, 2.45) is 0 Å². The summed E-state index contributed by atoms with van der Waals surface area (Å²) < 4.78 is 21.0. The van der Waals surface area contributed by atoms with E-state index in [1.54, 1.807) is 44.7 Å².